The van der Waals surface area contributed by atoms with Crippen molar-refractivity contribution in [3.05, 3.63) is 30.1 Å². The lowest BCUT2D eigenvalue weighted by atomic mass is 10.3. The predicted octanol–water partition coefficient (Wildman–Crippen LogP) is 0.826. The molecule has 5 nitrogen and oxygen atoms in total. The second-order valence-electron chi connectivity index (χ2n) is 4.64. The van der Waals surface area contributed by atoms with E-state index in [1.165, 1.54) is 18.2 Å². The van der Waals surface area contributed by atoms with Crippen molar-refractivity contribution in [3.63, 3.8) is 0 Å². The summed E-state index contributed by atoms with van der Waals surface area (Å²) in [7, 11) is -3.76. The highest BCUT2D eigenvalue weighted by Gasteiger charge is 2.17. The van der Waals surface area contributed by atoms with Crippen molar-refractivity contribution in [2.75, 3.05) is 39.4 Å². The Kier molecular flexibility index (Phi) is 5.47. The fourth-order valence-electron chi connectivity index (χ4n) is 2.07. The first-order chi connectivity index (χ1) is 9.59. The highest BCUT2D eigenvalue weighted by Crippen LogP contribution is 2.12. The van der Waals surface area contributed by atoms with Crippen LogP contribution in [-0.2, 0) is 14.8 Å². The second kappa shape index (κ2) is 7.12. The number of ether oxygens (including phenoxy) is 1. The van der Waals surface area contributed by atoms with E-state index in [9.17, 15) is 12.8 Å². The van der Waals surface area contributed by atoms with E-state index >= 15 is 0 Å². The first kappa shape index (κ1) is 15.4. The normalized spacial score (nSPS) is 17.2. The monoisotopic (exact) mass is 302 g/mol. The van der Waals surface area contributed by atoms with Gasteiger partial charge in [-0.2, -0.15) is 0 Å². The minimum atomic E-state index is -3.76. The van der Waals surface area contributed by atoms with Crippen LogP contribution in [0.4, 0.5) is 4.39 Å². The minimum Gasteiger partial charge on any atom is -0.379 e. The maximum atomic E-state index is 13.4. The topological polar surface area (TPSA) is 58.6 Å². The van der Waals surface area contributed by atoms with Crippen molar-refractivity contribution in [2.24, 2.45) is 0 Å². The lowest BCUT2D eigenvalue weighted by molar-refractivity contribution is 0.0376. The van der Waals surface area contributed by atoms with Gasteiger partial charge in [-0.15, -0.1) is 0 Å². The minimum absolute atomic E-state index is 0.300. The third-order valence-corrected chi connectivity index (χ3v) is 4.67. The molecule has 1 aromatic carbocycles. The van der Waals surface area contributed by atoms with Crippen LogP contribution in [0.15, 0.2) is 29.2 Å². The molecule has 20 heavy (non-hydrogen) atoms. The molecule has 1 aromatic rings. The molecule has 112 valence electrons. The van der Waals surface area contributed by atoms with Gasteiger partial charge < -0.3 is 4.74 Å². The van der Waals surface area contributed by atoms with E-state index in [1.54, 1.807) is 0 Å². The van der Waals surface area contributed by atoms with Crippen LogP contribution in [0.3, 0.4) is 0 Å². The van der Waals surface area contributed by atoms with E-state index in [4.69, 9.17) is 4.74 Å². The van der Waals surface area contributed by atoms with Crippen LogP contribution >= 0.6 is 0 Å². The molecule has 2 rings (SSSR count). The molecule has 7 heteroatoms. The standard InChI is InChI=1S/C13H19FN2O3S/c14-12-4-1-2-5-13(12)20(17,18)15-6-3-7-16-8-10-19-11-9-16/h1-2,4-5,15H,3,6-11H2. The average molecular weight is 302 g/mol. The Hall–Kier alpha value is -1.02. The van der Waals surface area contributed by atoms with Gasteiger partial charge in [-0.1, -0.05) is 12.1 Å². The Balaban J connectivity index is 1.79. The number of hydrogen-bond acceptors (Lipinski definition) is 4. The molecule has 0 spiro atoms. The first-order valence-electron chi connectivity index (χ1n) is 6.64. The van der Waals surface area contributed by atoms with E-state index in [2.05, 4.69) is 9.62 Å². The molecule has 0 aliphatic carbocycles. The number of hydrogen-bond donors (Lipinski definition) is 1. The third-order valence-electron chi connectivity index (χ3n) is 3.17. The summed E-state index contributed by atoms with van der Waals surface area (Å²) >= 11 is 0. The predicted molar refractivity (Wildman–Crippen MR) is 73.5 cm³/mol. The van der Waals surface area contributed by atoms with E-state index < -0.39 is 15.8 Å². The zero-order valence-corrected chi connectivity index (χ0v) is 12.0. The van der Waals surface area contributed by atoms with E-state index in [0.29, 0.717) is 13.0 Å². The fourth-order valence-corrected chi connectivity index (χ4v) is 3.23. The molecule has 1 aliphatic heterocycles. The van der Waals surface area contributed by atoms with Crippen LogP contribution in [-0.4, -0.2) is 52.7 Å². The Morgan fingerprint density at radius 1 is 1.25 bits per heavy atom. The molecule has 0 atom stereocenters. The summed E-state index contributed by atoms with van der Waals surface area (Å²) in [6.07, 6.45) is 0.688. The quantitative estimate of drug-likeness (QED) is 0.791. The van der Waals surface area contributed by atoms with Gasteiger partial charge in [0.25, 0.3) is 0 Å². The van der Waals surface area contributed by atoms with E-state index in [1.807, 2.05) is 0 Å². The highest BCUT2D eigenvalue weighted by molar-refractivity contribution is 7.89. The molecule has 0 unspecified atom stereocenters. The zero-order valence-electron chi connectivity index (χ0n) is 11.2. The molecule has 0 amide bonds. The molecule has 1 N–H and O–H groups in total. The Labute approximate surface area is 118 Å². The largest absolute Gasteiger partial charge is 0.379 e. The number of nitrogens with zero attached hydrogens (tertiary/aromatic N) is 1. The smallest absolute Gasteiger partial charge is 0.243 e. The summed E-state index contributed by atoms with van der Waals surface area (Å²) in [5.41, 5.74) is 0. The molecule has 0 radical (unpaired) electrons. The van der Waals surface area contributed by atoms with Gasteiger partial charge in [0.05, 0.1) is 13.2 Å². The van der Waals surface area contributed by atoms with Gasteiger partial charge in [0, 0.05) is 19.6 Å². The SMILES string of the molecule is O=S(=O)(NCCCN1CCOCC1)c1ccccc1F. The van der Waals surface area contributed by atoms with E-state index in [-0.39, 0.29) is 4.90 Å². The fraction of sp³-hybridized carbons (Fsp3) is 0.538. The van der Waals surface area contributed by atoms with Gasteiger partial charge >= 0.3 is 0 Å². The molecule has 0 saturated carbocycles. The Morgan fingerprint density at radius 3 is 2.65 bits per heavy atom. The summed E-state index contributed by atoms with van der Waals surface area (Å²) in [6, 6.07) is 5.38. The molecule has 1 fully saturated rings. The van der Waals surface area contributed by atoms with Crippen molar-refractivity contribution in [1.29, 1.82) is 0 Å². The van der Waals surface area contributed by atoms with Crippen LogP contribution in [0, 0.1) is 5.82 Å². The van der Waals surface area contributed by atoms with Crippen molar-refractivity contribution in [2.45, 2.75) is 11.3 Å². The van der Waals surface area contributed by atoms with E-state index in [0.717, 1.165) is 38.9 Å². The number of benzene rings is 1. The summed E-state index contributed by atoms with van der Waals surface area (Å²) in [6.45, 7) is 4.30. The van der Waals surface area contributed by atoms with Gasteiger partial charge in [-0.25, -0.2) is 17.5 Å². The summed E-state index contributed by atoms with van der Waals surface area (Å²) in [4.78, 5) is 1.92. The second-order valence-corrected chi connectivity index (χ2v) is 6.37. The summed E-state index contributed by atoms with van der Waals surface area (Å²) in [5, 5.41) is 0. The summed E-state index contributed by atoms with van der Waals surface area (Å²) < 4.78 is 44.9. The first-order valence-corrected chi connectivity index (χ1v) is 8.12. The number of nitrogens with one attached hydrogen (secondary N) is 1. The molecule has 0 aromatic heterocycles. The third kappa shape index (κ3) is 4.24. The van der Waals surface area contributed by atoms with Crippen LogP contribution in [0.25, 0.3) is 0 Å². The summed E-state index contributed by atoms with van der Waals surface area (Å²) in [5.74, 6) is -0.729. The maximum Gasteiger partial charge on any atom is 0.243 e. The van der Waals surface area contributed by atoms with Crippen molar-refractivity contribution >= 4 is 10.0 Å². The van der Waals surface area contributed by atoms with Crippen molar-refractivity contribution in [3.8, 4) is 0 Å². The number of sulfonamides is 1. The van der Waals surface area contributed by atoms with Crippen LogP contribution in [0.1, 0.15) is 6.42 Å². The molecule has 0 bridgehead atoms. The van der Waals surface area contributed by atoms with Crippen LogP contribution in [0.2, 0.25) is 0 Å². The van der Waals surface area contributed by atoms with Gasteiger partial charge in [0.15, 0.2) is 0 Å². The van der Waals surface area contributed by atoms with Crippen molar-refractivity contribution in [1.82, 2.24) is 9.62 Å². The number of rotatable bonds is 6. The molecular weight excluding hydrogens is 283 g/mol. The van der Waals surface area contributed by atoms with Gasteiger partial charge in [-0.05, 0) is 25.1 Å². The van der Waals surface area contributed by atoms with Crippen LogP contribution in [0.5, 0.6) is 0 Å². The zero-order chi connectivity index (χ0) is 14.4. The van der Waals surface area contributed by atoms with Gasteiger partial charge in [0.2, 0.25) is 10.0 Å². The van der Waals surface area contributed by atoms with Crippen LogP contribution < -0.4 is 4.72 Å². The molecule has 1 saturated heterocycles. The average Bonchev–Trinajstić information content (AvgIpc) is 2.45. The van der Waals surface area contributed by atoms with Gasteiger partial charge in [0.1, 0.15) is 10.7 Å². The number of halogens is 1. The Morgan fingerprint density at radius 2 is 1.95 bits per heavy atom. The van der Waals surface area contributed by atoms with Gasteiger partial charge in [-0.3, -0.25) is 4.90 Å². The Bertz CT molecular complexity index is 530. The lowest BCUT2D eigenvalue weighted by Gasteiger charge is -2.26. The van der Waals surface area contributed by atoms with Crippen molar-refractivity contribution < 1.29 is 17.5 Å². The number of morpholine rings is 1. The molecule has 1 heterocycles. The molecular formula is C13H19FN2O3S. The highest BCUT2D eigenvalue weighted by atomic mass is 32.2. The molecule has 1 aliphatic rings. The lowest BCUT2D eigenvalue weighted by Crippen LogP contribution is -2.38. The maximum absolute atomic E-state index is 13.4.